The smallest absolute Gasteiger partial charge is 0.337 e. The fourth-order valence-electron chi connectivity index (χ4n) is 0.733. The minimum absolute atomic E-state index is 0. The maximum atomic E-state index is 10.9. The molecule has 0 bridgehead atoms. The third-order valence-corrected chi connectivity index (χ3v) is 1.92. The van der Waals surface area contributed by atoms with Gasteiger partial charge in [-0.3, -0.25) is 0 Å². The largest absolute Gasteiger partial charge is 1.00 e. The number of hydrogen-bond acceptors (Lipinski definition) is 2. The molecule has 0 radical (unpaired) electrons. The van der Waals surface area contributed by atoms with Crippen molar-refractivity contribution < 1.29 is 34.3 Å². The van der Waals surface area contributed by atoms with E-state index in [0.717, 1.165) is 3.57 Å². The van der Waals surface area contributed by atoms with Crippen LogP contribution in [-0.4, -0.2) is 13.1 Å². The van der Waals surface area contributed by atoms with E-state index in [1.807, 2.05) is 12.1 Å². The highest BCUT2D eigenvalue weighted by atomic mass is 127. The van der Waals surface area contributed by atoms with E-state index in [-0.39, 0.29) is 30.8 Å². The van der Waals surface area contributed by atoms with Gasteiger partial charge in [0, 0.05) is 3.57 Å². The Morgan fingerprint density at radius 3 is 2.46 bits per heavy atom. The number of hydrogen-bond donors (Lipinski definition) is 0. The van der Waals surface area contributed by atoms with Crippen LogP contribution in [0, 0.1) is 3.57 Å². The zero-order valence-corrected chi connectivity index (χ0v) is 10.4. The standard InChI is InChI=1S/C8H7IO2.2ClH/c1-11-8(10)6-3-2-4-7(9)5-6;;/h2-5H,1H3;2*1H/p-2. The molecule has 74 valence electrons. The number of ether oxygens (including phenoxy) is 1. The van der Waals surface area contributed by atoms with Gasteiger partial charge < -0.3 is 29.6 Å². The van der Waals surface area contributed by atoms with Crippen LogP contribution in [-0.2, 0) is 4.74 Å². The third kappa shape index (κ3) is 4.69. The van der Waals surface area contributed by atoms with Crippen molar-refractivity contribution in [2.75, 3.05) is 7.11 Å². The SMILES string of the molecule is COC(=O)c1cccc(I)c1.[Cl-].[Cl-]. The Hall–Kier alpha value is -0.000000000000000222. The summed E-state index contributed by atoms with van der Waals surface area (Å²) in [5, 5.41) is 0. The van der Waals surface area contributed by atoms with E-state index in [4.69, 9.17) is 0 Å². The quantitative estimate of drug-likeness (QED) is 0.388. The van der Waals surface area contributed by atoms with E-state index in [1.165, 1.54) is 7.11 Å². The van der Waals surface area contributed by atoms with E-state index in [2.05, 4.69) is 27.3 Å². The third-order valence-electron chi connectivity index (χ3n) is 1.25. The van der Waals surface area contributed by atoms with Gasteiger partial charge in [-0.05, 0) is 40.8 Å². The molecule has 0 fully saturated rings. The molecular formula is C8H7Cl2IO2-2. The molecule has 13 heavy (non-hydrogen) atoms. The number of esters is 1. The molecule has 1 rings (SSSR count). The second-order valence-electron chi connectivity index (χ2n) is 2.00. The molecular weight excluding hydrogens is 326 g/mol. The first kappa shape index (κ1) is 15.5. The molecule has 0 heterocycles. The van der Waals surface area contributed by atoms with Crippen molar-refractivity contribution in [1.29, 1.82) is 0 Å². The van der Waals surface area contributed by atoms with Gasteiger partial charge in [0.2, 0.25) is 0 Å². The van der Waals surface area contributed by atoms with Crippen LogP contribution in [0.15, 0.2) is 24.3 Å². The molecule has 0 aliphatic carbocycles. The lowest BCUT2D eigenvalue weighted by molar-refractivity contribution is -0.001000. The van der Waals surface area contributed by atoms with Gasteiger partial charge in [0.25, 0.3) is 0 Å². The van der Waals surface area contributed by atoms with E-state index in [1.54, 1.807) is 12.1 Å². The summed E-state index contributed by atoms with van der Waals surface area (Å²) in [6.07, 6.45) is 0. The molecule has 0 aromatic heterocycles. The Kier molecular flexibility index (Phi) is 8.82. The van der Waals surface area contributed by atoms with Crippen LogP contribution in [0.2, 0.25) is 0 Å². The zero-order valence-electron chi connectivity index (χ0n) is 6.76. The van der Waals surface area contributed by atoms with Gasteiger partial charge in [-0.2, -0.15) is 0 Å². The number of carbonyl (C=O) groups is 1. The van der Waals surface area contributed by atoms with Gasteiger partial charge in [0.15, 0.2) is 0 Å². The van der Waals surface area contributed by atoms with Crippen LogP contribution in [0.3, 0.4) is 0 Å². The molecule has 0 unspecified atom stereocenters. The van der Waals surface area contributed by atoms with Gasteiger partial charge in [-0.15, -0.1) is 0 Å². The summed E-state index contributed by atoms with van der Waals surface area (Å²) in [7, 11) is 1.38. The molecule has 0 saturated carbocycles. The summed E-state index contributed by atoms with van der Waals surface area (Å²) in [6, 6.07) is 7.27. The normalized spacial score (nSPS) is 7.85. The molecule has 0 atom stereocenters. The van der Waals surface area contributed by atoms with Crippen molar-refractivity contribution in [2.24, 2.45) is 0 Å². The number of carbonyl (C=O) groups excluding carboxylic acids is 1. The average Bonchev–Trinajstić information content (AvgIpc) is 2.03. The molecule has 0 amide bonds. The predicted octanol–water partition coefficient (Wildman–Crippen LogP) is -3.91. The topological polar surface area (TPSA) is 26.3 Å². The summed E-state index contributed by atoms with van der Waals surface area (Å²) in [5.74, 6) is -0.288. The fraction of sp³-hybridized carbons (Fsp3) is 0.125. The molecule has 0 saturated heterocycles. The van der Waals surface area contributed by atoms with Crippen molar-refractivity contribution in [1.82, 2.24) is 0 Å². The first-order chi connectivity index (χ1) is 5.24. The molecule has 0 aliphatic heterocycles. The Bertz CT molecular complexity index is 279. The summed E-state index contributed by atoms with van der Waals surface area (Å²) in [4.78, 5) is 10.9. The highest BCUT2D eigenvalue weighted by Crippen LogP contribution is 2.08. The average molecular weight is 333 g/mol. The van der Waals surface area contributed by atoms with E-state index >= 15 is 0 Å². The summed E-state index contributed by atoms with van der Waals surface area (Å²) in [5.41, 5.74) is 0.597. The molecule has 0 aliphatic rings. The number of rotatable bonds is 1. The molecule has 0 N–H and O–H groups in total. The Labute approximate surface area is 103 Å². The van der Waals surface area contributed by atoms with Crippen LogP contribution in [0.25, 0.3) is 0 Å². The molecule has 1 aromatic carbocycles. The number of benzene rings is 1. The second-order valence-corrected chi connectivity index (χ2v) is 3.25. The minimum atomic E-state index is -0.288. The van der Waals surface area contributed by atoms with Gasteiger partial charge in [0.05, 0.1) is 12.7 Å². The summed E-state index contributed by atoms with van der Waals surface area (Å²) < 4.78 is 5.58. The van der Waals surface area contributed by atoms with Crippen LogP contribution < -0.4 is 24.8 Å². The summed E-state index contributed by atoms with van der Waals surface area (Å²) >= 11 is 2.15. The molecule has 0 spiro atoms. The van der Waals surface area contributed by atoms with E-state index < -0.39 is 0 Å². The Balaban J connectivity index is 0. The first-order valence-corrected chi connectivity index (χ1v) is 4.16. The monoisotopic (exact) mass is 332 g/mol. The van der Waals surface area contributed by atoms with Crippen molar-refractivity contribution in [3.8, 4) is 0 Å². The molecule has 2 nitrogen and oxygen atoms in total. The van der Waals surface area contributed by atoms with Gasteiger partial charge in [-0.25, -0.2) is 4.79 Å². The lowest BCUT2D eigenvalue weighted by atomic mass is 10.2. The van der Waals surface area contributed by atoms with Crippen LogP contribution in [0.1, 0.15) is 10.4 Å². The lowest BCUT2D eigenvalue weighted by Gasteiger charge is -1.97. The maximum absolute atomic E-state index is 10.9. The van der Waals surface area contributed by atoms with Crippen LogP contribution in [0.5, 0.6) is 0 Å². The minimum Gasteiger partial charge on any atom is -1.00 e. The van der Waals surface area contributed by atoms with Crippen molar-refractivity contribution >= 4 is 28.6 Å². The van der Waals surface area contributed by atoms with Gasteiger partial charge >= 0.3 is 5.97 Å². The Morgan fingerprint density at radius 1 is 1.38 bits per heavy atom. The van der Waals surface area contributed by atoms with Crippen molar-refractivity contribution in [3.05, 3.63) is 33.4 Å². The van der Waals surface area contributed by atoms with Gasteiger partial charge in [-0.1, -0.05) is 6.07 Å². The van der Waals surface area contributed by atoms with Crippen LogP contribution in [0.4, 0.5) is 0 Å². The Morgan fingerprint density at radius 2 is 2.00 bits per heavy atom. The molecule has 1 aromatic rings. The van der Waals surface area contributed by atoms with Crippen LogP contribution >= 0.6 is 22.6 Å². The van der Waals surface area contributed by atoms with E-state index in [0.29, 0.717) is 5.56 Å². The van der Waals surface area contributed by atoms with Gasteiger partial charge in [0.1, 0.15) is 0 Å². The van der Waals surface area contributed by atoms with E-state index in [9.17, 15) is 4.79 Å². The summed E-state index contributed by atoms with van der Waals surface area (Å²) in [6.45, 7) is 0. The lowest BCUT2D eigenvalue weighted by Crippen LogP contribution is -3.00. The van der Waals surface area contributed by atoms with Crippen molar-refractivity contribution in [2.45, 2.75) is 0 Å². The zero-order chi connectivity index (χ0) is 8.27. The highest BCUT2D eigenvalue weighted by molar-refractivity contribution is 14.1. The molecule has 5 heteroatoms. The fourth-order valence-corrected chi connectivity index (χ4v) is 1.28. The first-order valence-electron chi connectivity index (χ1n) is 3.08. The second kappa shape index (κ2) is 7.41. The number of methoxy groups -OCH3 is 1. The maximum Gasteiger partial charge on any atom is 0.337 e. The van der Waals surface area contributed by atoms with Crippen molar-refractivity contribution in [3.63, 3.8) is 0 Å². The predicted molar refractivity (Wildman–Crippen MR) is 50.5 cm³/mol. The number of halogens is 3. The highest BCUT2D eigenvalue weighted by Gasteiger charge is 2.03.